The Balaban J connectivity index is 2.15. The SMILES string of the molecule is O=C(c1ccc(F)cn1)N1CCC[C@H]1CO. The monoisotopic (exact) mass is 224 g/mol. The molecule has 0 unspecified atom stereocenters. The van der Waals surface area contributed by atoms with E-state index in [4.69, 9.17) is 5.11 Å². The summed E-state index contributed by atoms with van der Waals surface area (Å²) in [5.41, 5.74) is 0.224. The van der Waals surface area contributed by atoms with Crippen molar-refractivity contribution < 1.29 is 14.3 Å². The van der Waals surface area contributed by atoms with Crippen LogP contribution < -0.4 is 0 Å². The second-order valence-corrected chi connectivity index (χ2v) is 3.84. The maximum Gasteiger partial charge on any atom is 0.272 e. The molecule has 16 heavy (non-hydrogen) atoms. The van der Waals surface area contributed by atoms with Gasteiger partial charge in [-0.05, 0) is 25.0 Å². The zero-order valence-electron chi connectivity index (χ0n) is 8.77. The Bertz CT molecular complexity index is 380. The average molecular weight is 224 g/mol. The number of amides is 1. The van der Waals surface area contributed by atoms with E-state index in [0.717, 1.165) is 19.0 Å². The Morgan fingerprint density at radius 3 is 3.06 bits per heavy atom. The fourth-order valence-electron chi connectivity index (χ4n) is 1.94. The highest BCUT2D eigenvalue weighted by Crippen LogP contribution is 2.18. The molecule has 86 valence electrons. The molecule has 1 saturated heterocycles. The molecule has 0 aromatic carbocycles. The number of pyridine rings is 1. The number of aromatic nitrogens is 1. The molecule has 0 aliphatic carbocycles. The number of nitrogens with zero attached hydrogens (tertiary/aromatic N) is 2. The minimum Gasteiger partial charge on any atom is -0.394 e. The van der Waals surface area contributed by atoms with E-state index in [1.54, 1.807) is 4.90 Å². The van der Waals surface area contributed by atoms with E-state index in [1.807, 2.05) is 0 Å². The summed E-state index contributed by atoms with van der Waals surface area (Å²) in [6.07, 6.45) is 2.72. The lowest BCUT2D eigenvalue weighted by molar-refractivity contribution is 0.0671. The molecule has 1 N–H and O–H groups in total. The van der Waals surface area contributed by atoms with Crippen molar-refractivity contribution in [3.8, 4) is 0 Å². The number of aliphatic hydroxyl groups excluding tert-OH is 1. The first kappa shape index (κ1) is 11.0. The van der Waals surface area contributed by atoms with Crippen molar-refractivity contribution in [1.29, 1.82) is 0 Å². The van der Waals surface area contributed by atoms with Crippen LogP contribution in [0.25, 0.3) is 0 Å². The zero-order valence-corrected chi connectivity index (χ0v) is 8.77. The Kier molecular flexibility index (Phi) is 3.14. The van der Waals surface area contributed by atoms with Gasteiger partial charge in [0, 0.05) is 6.54 Å². The number of hydrogen-bond donors (Lipinski definition) is 1. The van der Waals surface area contributed by atoms with Crippen molar-refractivity contribution in [2.45, 2.75) is 18.9 Å². The highest BCUT2D eigenvalue weighted by molar-refractivity contribution is 5.92. The molecule has 4 nitrogen and oxygen atoms in total. The maximum atomic E-state index is 12.6. The van der Waals surface area contributed by atoms with Crippen LogP contribution in [0.4, 0.5) is 4.39 Å². The quantitative estimate of drug-likeness (QED) is 0.809. The lowest BCUT2D eigenvalue weighted by Crippen LogP contribution is -2.38. The number of hydrogen-bond acceptors (Lipinski definition) is 3. The Morgan fingerprint density at radius 1 is 1.62 bits per heavy atom. The molecular formula is C11H13FN2O2. The van der Waals surface area contributed by atoms with E-state index in [2.05, 4.69) is 4.98 Å². The van der Waals surface area contributed by atoms with Gasteiger partial charge in [-0.25, -0.2) is 9.37 Å². The largest absolute Gasteiger partial charge is 0.394 e. The molecule has 0 spiro atoms. The summed E-state index contributed by atoms with van der Waals surface area (Å²) in [5, 5.41) is 9.10. The number of halogens is 1. The first-order valence-corrected chi connectivity index (χ1v) is 5.26. The van der Waals surface area contributed by atoms with Gasteiger partial charge in [0.1, 0.15) is 11.5 Å². The smallest absolute Gasteiger partial charge is 0.272 e. The van der Waals surface area contributed by atoms with Crippen LogP contribution in [0, 0.1) is 5.82 Å². The van der Waals surface area contributed by atoms with Gasteiger partial charge < -0.3 is 10.0 Å². The Labute approximate surface area is 92.7 Å². The minimum absolute atomic E-state index is 0.0348. The highest BCUT2D eigenvalue weighted by Gasteiger charge is 2.29. The standard InChI is InChI=1S/C11H13FN2O2/c12-8-3-4-10(13-6-8)11(16)14-5-1-2-9(14)7-15/h3-4,6,9,15H,1-2,5,7H2/t9-/m0/s1. The predicted octanol–water partition coefficient (Wildman–Crippen LogP) is 0.818. The molecule has 1 aliphatic rings. The molecule has 0 radical (unpaired) electrons. The summed E-state index contributed by atoms with van der Waals surface area (Å²) in [5.74, 6) is -0.701. The Morgan fingerprint density at radius 2 is 2.44 bits per heavy atom. The summed E-state index contributed by atoms with van der Waals surface area (Å²) in [4.78, 5) is 17.3. The van der Waals surface area contributed by atoms with E-state index in [1.165, 1.54) is 12.1 Å². The average Bonchev–Trinajstić information content (AvgIpc) is 2.77. The van der Waals surface area contributed by atoms with Gasteiger partial charge >= 0.3 is 0 Å². The zero-order chi connectivity index (χ0) is 11.5. The molecule has 1 aliphatic heterocycles. The van der Waals surface area contributed by atoms with E-state index in [9.17, 15) is 9.18 Å². The molecule has 1 atom stereocenters. The highest BCUT2D eigenvalue weighted by atomic mass is 19.1. The van der Waals surface area contributed by atoms with Crippen LogP contribution >= 0.6 is 0 Å². The van der Waals surface area contributed by atoms with Gasteiger partial charge in [0.15, 0.2) is 0 Å². The normalized spacial score (nSPS) is 20.1. The van der Waals surface area contributed by atoms with Crippen molar-refractivity contribution in [2.75, 3.05) is 13.2 Å². The van der Waals surface area contributed by atoms with Crippen LogP contribution in [-0.4, -0.2) is 40.1 Å². The van der Waals surface area contributed by atoms with Gasteiger partial charge in [0.05, 0.1) is 18.8 Å². The molecule has 1 aromatic heterocycles. The van der Waals surface area contributed by atoms with E-state index >= 15 is 0 Å². The molecule has 2 rings (SSSR count). The number of carbonyl (C=O) groups excluding carboxylic acids is 1. The fraction of sp³-hybridized carbons (Fsp3) is 0.455. The first-order valence-electron chi connectivity index (χ1n) is 5.26. The lowest BCUT2D eigenvalue weighted by Gasteiger charge is -2.22. The van der Waals surface area contributed by atoms with Gasteiger partial charge in [-0.1, -0.05) is 0 Å². The van der Waals surface area contributed by atoms with Crippen molar-refractivity contribution >= 4 is 5.91 Å². The first-order chi connectivity index (χ1) is 7.72. The summed E-state index contributed by atoms with van der Waals surface area (Å²) in [6, 6.07) is 2.45. The van der Waals surface area contributed by atoms with Crippen molar-refractivity contribution in [2.24, 2.45) is 0 Å². The van der Waals surface area contributed by atoms with Crippen LogP contribution in [0.15, 0.2) is 18.3 Å². The molecule has 5 heteroatoms. The summed E-state index contributed by atoms with van der Waals surface area (Å²) in [7, 11) is 0. The molecular weight excluding hydrogens is 211 g/mol. The molecule has 1 aromatic rings. The van der Waals surface area contributed by atoms with Crippen molar-refractivity contribution in [1.82, 2.24) is 9.88 Å². The molecule has 0 bridgehead atoms. The van der Waals surface area contributed by atoms with Crippen LogP contribution in [0.3, 0.4) is 0 Å². The third kappa shape index (κ3) is 2.04. The number of aliphatic hydroxyl groups is 1. The van der Waals surface area contributed by atoms with Crippen molar-refractivity contribution in [3.63, 3.8) is 0 Å². The minimum atomic E-state index is -0.461. The van der Waals surface area contributed by atoms with Crippen LogP contribution in [0.1, 0.15) is 23.3 Å². The molecule has 0 saturated carbocycles. The Hall–Kier alpha value is -1.49. The summed E-state index contributed by atoms with van der Waals surface area (Å²) in [6.45, 7) is 0.593. The van der Waals surface area contributed by atoms with E-state index in [0.29, 0.717) is 6.54 Å². The third-order valence-electron chi connectivity index (χ3n) is 2.80. The van der Waals surface area contributed by atoms with Gasteiger partial charge in [-0.3, -0.25) is 4.79 Å². The van der Waals surface area contributed by atoms with Crippen molar-refractivity contribution in [3.05, 3.63) is 29.8 Å². The molecule has 1 amide bonds. The van der Waals surface area contributed by atoms with Gasteiger partial charge in [0.2, 0.25) is 0 Å². The van der Waals surface area contributed by atoms with Gasteiger partial charge in [0.25, 0.3) is 5.91 Å². The lowest BCUT2D eigenvalue weighted by atomic mass is 10.2. The predicted molar refractivity (Wildman–Crippen MR) is 55.3 cm³/mol. The fourth-order valence-corrected chi connectivity index (χ4v) is 1.94. The third-order valence-corrected chi connectivity index (χ3v) is 2.80. The maximum absolute atomic E-state index is 12.6. The van der Waals surface area contributed by atoms with E-state index < -0.39 is 5.82 Å². The number of likely N-dealkylation sites (tertiary alicyclic amines) is 1. The second kappa shape index (κ2) is 4.57. The summed E-state index contributed by atoms with van der Waals surface area (Å²) >= 11 is 0. The van der Waals surface area contributed by atoms with E-state index in [-0.39, 0.29) is 24.2 Å². The molecule has 1 fully saturated rings. The molecule has 2 heterocycles. The van der Waals surface area contributed by atoms with Gasteiger partial charge in [-0.2, -0.15) is 0 Å². The van der Waals surface area contributed by atoms with Crippen LogP contribution in [0.5, 0.6) is 0 Å². The van der Waals surface area contributed by atoms with Gasteiger partial charge in [-0.15, -0.1) is 0 Å². The second-order valence-electron chi connectivity index (χ2n) is 3.84. The number of carbonyl (C=O) groups is 1. The van der Waals surface area contributed by atoms with Crippen LogP contribution in [0.2, 0.25) is 0 Å². The number of rotatable bonds is 2. The van der Waals surface area contributed by atoms with Crippen LogP contribution in [-0.2, 0) is 0 Å². The topological polar surface area (TPSA) is 53.4 Å². The summed E-state index contributed by atoms with van der Waals surface area (Å²) < 4.78 is 12.6.